The van der Waals surface area contributed by atoms with Crippen LogP contribution in [0, 0.1) is 11.8 Å². The molecule has 0 aromatic heterocycles. The third-order valence-electron chi connectivity index (χ3n) is 9.57. The number of likely N-dealkylation sites (N-methyl/N-ethyl adjacent to an activating group) is 2. The summed E-state index contributed by atoms with van der Waals surface area (Å²) in [6.45, 7) is 4.77. The van der Waals surface area contributed by atoms with Gasteiger partial charge in [0.2, 0.25) is 0 Å². The first kappa shape index (κ1) is 27.1. The zero-order valence-electron chi connectivity index (χ0n) is 21.5. The van der Waals surface area contributed by atoms with Crippen molar-refractivity contribution in [3.05, 3.63) is 67.6 Å². The van der Waals surface area contributed by atoms with E-state index in [0.717, 1.165) is 24.9 Å². The number of hydrogen-bond donors (Lipinski definition) is 0. The largest absolute Gasteiger partial charge is 0.305 e. The molecule has 2 heterocycles. The van der Waals surface area contributed by atoms with Crippen LogP contribution in [0.4, 0.5) is 0 Å². The Morgan fingerprint density at radius 1 is 0.611 bits per heavy atom. The van der Waals surface area contributed by atoms with Gasteiger partial charge in [-0.25, -0.2) is 0 Å². The monoisotopic (exact) mass is 566 g/mol. The zero-order chi connectivity index (χ0) is 25.5. The highest BCUT2D eigenvalue weighted by molar-refractivity contribution is 6.42. The molecule has 36 heavy (non-hydrogen) atoms. The summed E-state index contributed by atoms with van der Waals surface area (Å²) in [7, 11) is 4.47. The first-order valence-electron chi connectivity index (χ1n) is 13.5. The maximum absolute atomic E-state index is 6.21. The number of halogens is 4. The molecule has 4 atom stereocenters. The Morgan fingerprint density at radius 2 is 1.03 bits per heavy atom. The van der Waals surface area contributed by atoms with Gasteiger partial charge in [0.25, 0.3) is 0 Å². The van der Waals surface area contributed by atoms with Gasteiger partial charge in [-0.05, 0) is 87.0 Å². The van der Waals surface area contributed by atoms with Crippen molar-refractivity contribution >= 4 is 46.4 Å². The van der Waals surface area contributed by atoms with E-state index < -0.39 is 0 Å². The van der Waals surface area contributed by atoms with Gasteiger partial charge in [-0.3, -0.25) is 0 Å². The lowest BCUT2D eigenvalue weighted by atomic mass is 9.64. The number of rotatable bonds is 2. The Labute approximate surface area is 237 Å². The maximum atomic E-state index is 6.21. The summed E-state index contributed by atoms with van der Waals surface area (Å²) in [6, 6.07) is 12.5. The molecule has 2 saturated heterocycles. The Balaban J connectivity index is 0.000000148. The summed E-state index contributed by atoms with van der Waals surface area (Å²) in [5.41, 5.74) is 3.43. The van der Waals surface area contributed by atoms with Crippen LogP contribution >= 0.6 is 46.4 Å². The van der Waals surface area contributed by atoms with E-state index in [1.807, 2.05) is 12.1 Å². The highest BCUT2D eigenvalue weighted by atomic mass is 35.5. The minimum absolute atomic E-state index is 0.321. The fraction of sp³-hybridized carbons (Fsp3) is 0.600. The van der Waals surface area contributed by atoms with Crippen LogP contribution in [0.2, 0.25) is 20.1 Å². The lowest BCUT2D eigenvalue weighted by molar-refractivity contribution is 0.241. The van der Waals surface area contributed by atoms with Crippen LogP contribution in [-0.2, 0) is 10.8 Å². The number of likely N-dealkylation sites (tertiary alicyclic amines) is 2. The molecule has 0 unspecified atom stereocenters. The molecule has 2 aromatic rings. The smallest absolute Gasteiger partial charge is 0.0595 e. The SMILES string of the molecule is CN1C[C@@H]2CCCC[C@]2(c2ccc(Cl)c(Cl)c2)C1.CN1C[C@H]2CCCC[C@@]2(c2ccc(Cl)c(Cl)c2)C1. The van der Waals surface area contributed by atoms with Gasteiger partial charge in [0.1, 0.15) is 0 Å². The standard InChI is InChI=1S/2C15H19Cl2N/c2*1-18-9-12-4-2-3-7-15(12,10-18)11-5-6-13(16)14(17)8-11/h2*5-6,8,12H,2-4,7,9-10H2,1H3/t2*12-,15+/m10/s1. The van der Waals surface area contributed by atoms with E-state index in [4.69, 9.17) is 46.4 Å². The second-order valence-corrected chi connectivity index (χ2v) is 13.5. The van der Waals surface area contributed by atoms with Crippen molar-refractivity contribution in [1.82, 2.24) is 9.80 Å². The maximum Gasteiger partial charge on any atom is 0.0595 e. The van der Waals surface area contributed by atoms with Crippen molar-refractivity contribution in [2.45, 2.75) is 62.2 Å². The van der Waals surface area contributed by atoms with Crippen LogP contribution in [0.1, 0.15) is 62.5 Å². The van der Waals surface area contributed by atoms with E-state index in [2.05, 4.69) is 48.2 Å². The van der Waals surface area contributed by atoms with Crippen LogP contribution < -0.4 is 0 Å². The summed E-state index contributed by atoms with van der Waals surface area (Å²) in [6.07, 6.45) is 10.7. The topological polar surface area (TPSA) is 6.48 Å². The summed E-state index contributed by atoms with van der Waals surface area (Å²) >= 11 is 24.5. The minimum atomic E-state index is 0.321. The Morgan fingerprint density at radius 3 is 1.42 bits per heavy atom. The third-order valence-corrected chi connectivity index (χ3v) is 11.0. The van der Waals surface area contributed by atoms with Crippen molar-refractivity contribution in [2.75, 3.05) is 40.3 Å². The molecule has 0 amide bonds. The van der Waals surface area contributed by atoms with Crippen LogP contribution in [0.15, 0.2) is 36.4 Å². The molecule has 2 saturated carbocycles. The van der Waals surface area contributed by atoms with Gasteiger partial charge in [-0.2, -0.15) is 0 Å². The Bertz CT molecular complexity index is 1010. The molecule has 0 bridgehead atoms. The molecule has 6 rings (SSSR count). The molecule has 2 aromatic carbocycles. The van der Waals surface area contributed by atoms with E-state index >= 15 is 0 Å². The van der Waals surface area contributed by atoms with Crippen molar-refractivity contribution < 1.29 is 0 Å². The number of nitrogens with zero attached hydrogens (tertiary/aromatic N) is 2. The van der Waals surface area contributed by atoms with Crippen molar-refractivity contribution in [1.29, 1.82) is 0 Å². The highest BCUT2D eigenvalue weighted by Crippen LogP contribution is 2.50. The third kappa shape index (κ3) is 5.08. The first-order valence-corrected chi connectivity index (χ1v) is 15.0. The first-order chi connectivity index (χ1) is 17.2. The molecule has 2 aliphatic heterocycles. The number of hydrogen-bond acceptors (Lipinski definition) is 2. The van der Waals surface area contributed by atoms with E-state index in [9.17, 15) is 0 Å². The van der Waals surface area contributed by atoms with E-state index in [1.54, 1.807) is 0 Å². The normalized spacial score (nSPS) is 32.5. The lowest BCUT2D eigenvalue weighted by Gasteiger charge is -2.39. The molecule has 2 nitrogen and oxygen atoms in total. The van der Waals surface area contributed by atoms with Crippen LogP contribution in [0.3, 0.4) is 0 Å². The quantitative estimate of drug-likeness (QED) is 0.358. The van der Waals surface area contributed by atoms with E-state index in [1.165, 1.54) is 75.6 Å². The summed E-state index contributed by atoms with van der Waals surface area (Å²) < 4.78 is 0. The molecule has 2 aliphatic carbocycles. The average molecular weight is 568 g/mol. The Hall–Kier alpha value is -0.480. The van der Waals surface area contributed by atoms with Crippen molar-refractivity contribution in [3.8, 4) is 0 Å². The minimum Gasteiger partial charge on any atom is -0.305 e. The molecule has 0 N–H and O–H groups in total. The molecule has 0 spiro atoms. The summed E-state index contributed by atoms with van der Waals surface area (Å²) in [5, 5.41) is 2.72. The second kappa shape index (κ2) is 10.9. The predicted octanol–water partition coefficient (Wildman–Crippen LogP) is 8.73. The van der Waals surface area contributed by atoms with Gasteiger partial charge in [-0.1, -0.05) is 84.2 Å². The second-order valence-electron chi connectivity index (χ2n) is 11.8. The molecule has 6 heteroatoms. The van der Waals surface area contributed by atoms with Gasteiger partial charge in [0.15, 0.2) is 0 Å². The van der Waals surface area contributed by atoms with Crippen molar-refractivity contribution in [2.24, 2.45) is 11.8 Å². The molecule has 0 radical (unpaired) electrons. The van der Waals surface area contributed by atoms with E-state index in [0.29, 0.717) is 30.9 Å². The van der Waals surface area contributed by atoms with Crippen LogP contribution in [0.5, 0.6) is 0 Å². The van der Waals surface area contributed by atoms with Crippen LogP contribution in [0.25, 0.3) is 0 Å². The molecule has 196 valence electrons. The summed E-state index contributed by atoms with van der Waals surface area (Å²) in [5.74, 6) is 1.57. The zero-order valence-corrected chi connectivity index (χ0v) is 24.5. The Kier molecular flexibility index (Phi) is 8.24. The fourth-order valence-corrected chi connectivity index (χ4v) is 8.57. The van der Waals surface area contributed by atoms with Gasteiger partial charge < -0.3 is 9.80 Å². The molecule has 4 aliphatic rings. The highest BCUT2D eigenvalue weighted by Gasteiger charge is 2.48. The van der Waals surface area contributed by atoms with Gasteiger partial charge in [0.05, 0.1) is 20.1 Å². The molecule has 4 fully saturated rings. The molecular formula is C30H38Cl4N2. The lowest BCUT2D eigenvalue weighted by Crippen LogP contribution is -2.37. The average Bonchev–Trinajstić information content (AvgIpc) is 3.39. The van der Waals surface area contributed by atoms with Crippen molar-refractivity contribution in [3.63, 3.8) is 0 Å². The van der Waals surface area contributed by atoms with Gasteiger partial charge in [-0.15, -0.1) is 0 Å². The fourth-order valence-electron chi connectivity index (χ4n) is 7.97. The van der Waals surface area contributed by atoms with Crippen LogP contribution in [-0.4, -0.2) is 50.1 Å². The molecular weight excluding hydrogens is 530 g/mol. The summed E-state index contributed by atoms with van der Waals surface area (Å²) in [4.78, 5) is 4.94. The van der Waals surface area contributed by atoms with E-state index in [-0.39, 0.29) is 0 Å². The predicted molar refractivity (Wildman–Crippen MR) is 155 cm³/mol. The van der Waals surface area contributed by atoms with Gasteiger partial charge >= 0.3 is 0 Å². The number of benzene rings is 2. The number of fused-ring (bicyclic) bond motifs is 2. The van der Waals surface area contributed by atoms with Gasteiger partial charge in [0, 0.05) is 37.0 Å².